The Labute approximate surface area is 102 Å². The number of hydrogen-bond donors (Lipinski definition) is 2. The summed E-state index contributed by atoms with van der Waals surface area (Å²) in [4.78, 5) is 13.6. The minimum atomic E-state index is -0.0254. The van der Waals surface area contributed by atoms with Gasteiger partial charge in [0.15, 0.2) is 0 Å². The summed E-state index contributed by atoms with van der Waals surface area (Å²) in [6, 6.07) is 8.09. The van der Waals surface area contributed by atoms with Gasteiger partial charge in [0, 0.05) is 19.1 Å². The summed E-state index contributed by atoms with van der Waals surface area (Å²) in [5.74, 6) is 0.0394. The van der Waals surface area contributed by atoms with Crippen LogP contribution < -0.4 is 15.5 Å². The second-order valence-corrected chi connectivity index (χ2v) is 5.06. The summed E-state index contributed by atoms with van der Waals surface area (Å²) in [5, 5.41) is 6.15. The zero-order valence-electron chi connectivity index (χ0n) is 10.6. The number of benzene rings is 1. The largest absolute Gasteiger partial charge is 0.377 e. The van der Waals surface area contributed by atoms with Crippen LogP contribution in [0.15, 0.2) is 24.3 Å². The van der Waals surface area contributed by atoms with Crippen molar-refractivity contribution in [3.8, 4) is 0 Å². The van der Waals surface area contributed by atoms with Gasteiger partial charge in [-0.2, -0.15) is 0 Å². The van der Waals surface area contributed by atoms with Gasteiger partial charge < -0.3 is 15.5 Å². The lowest BCUT2D eigenvalue weighted by Gasteiger charge is -2.41. The summed E-state index contributed by atoms with van der Waals surface area (Å²) in [6.07, 6.45) is 0. The lowest BCUT2D eigenvalue weighted by Crippen LogP contribution is -2.51. The molecule has 4 heteroatoms. The van der Waals surface area contributed by atoms with Gasteiger partial charge in [-0.3, -0.25) is 4.79 Å². The van der Waals surface area contributed by atoms with Crippen molar-refractivity contribution in [3.63, 3.8) is 0 Å². The second-order valence-electron chi connectivity index (χ2n) is 5.06. The van der Waals surface area contributed by atoms with Crippen LogP contribution in [0.2, 0.25) is 0 Å². The number of likely N-dealkylation sites (N-methyl/N-ethyl adjacent to an activating group) is 1. The summed E-state index contributed by atoms with van der Waals surface area (Å²) in [7, 11) is 1.67. The Kier molecular flexibility index (Phi) is 2.96. The number of fused-ring (bicyclic) bond motifs is 1. The maximum Gasteiger partial charge on any atom is 0.239 e. The number of nitrogens with one attached hydrogen (secondary N) is 2. The SMILES string of the molecule is CNC(=O)CN1CC(C)(C)Nc2ccccc21. The Hall–Kier alpha value is -1.71. The standard InChI is InChI=1S/C13H19N3O/c1-13(2)9-16(8-12(17)14-3)11-7-5-4-6-10(11)15-13/h4-7,15H,8-9H2,1-3H3,(H,14,17). The Morgan fingerprint density at radius 2 is 2.18 bits per heavy atom. The molecule has 1 aliphatic heterocycles. The predicted octanol–water partition coefficient (Wildman–Crippen LogP) is 1.44. The monoisotopic (exact) mass is 233 g/mol. The number of anilines is 2. The first-order chi connectivity index (χ1) is 8.02. The molecule has 1 amide bonds. The fourth-order valence-corrected chi connectivity index (χ4v) is 2.21. The average molecular weight is 233 g/mol. The molecule has 0 unspecified atom stereocenters. The third-order valence-electron chi connectivity index (χ3n) is 2.92. The Morgan fingerprint density at radius 3 is 2.88 bits per heavy atom. The van der Waals surface area contributed by atoms with E-state index in [-0.39, 0.29) is 11.4 Å². The number of rotatable bonds is 2. The molecule has 1 aromatic carbocycles. The van der Waals surface area contributed by atoms with E-state index in [4.69, 9.17) is 0 Å². The minimum Gasteiger partial charge on any atom is -0.377 e. The fourth-order valence-electron chi connectivity index (χ4n) is 2.21. The van der Waals surface area contributed by atoms with E-state index < -0.39 is 0 Å². The van der Waals surface area contributed by atoms with E-state index in [1.54, 1.807) is 7.05 Å². The van der Waals surface area contributed by atoms with Gasteiger partial charge in [0.1, 0.15) is 0 Å². The second kappa shape index (κ2) is 4.28. The molecule has 0 aromatic heterocycles. The number of para-hydroxylation sites is 2. The molecule has 17 heavy (non-hydrogen) atoms. The van der Waals surface area contributed by atoms with Gasteiger partial charge in [0.25, 0.3) is 0 Å². The molecule has 1 heterocycles. The molecular weight excluding hydrogens is 214 g/mol. The topological polar surface area (TPSA) is 44.4 Å². The molecule has 0 saturated carbocycles. The van der Waals surface area contributed by atoms with Gasteiger partial charge in [0.05, 0.1) is 17.9 Å². The Balaban J connectivity index is 2.29. The molecule has 1 aliphatic rings. The quantitative estimate of drug-likeness (QED) is 0.812. The van der Waals surface area contributed by atoms with Crippen LogP contribution in [-0.4, -0.2) is 31.6 Å². The molecule has 4 nitrogen and oxygen atoms in total. The van der Waals surface area contributed by atoms with Crippen molar-refractivity contribution in [1.82, 2.24) is 5.32 Å². The van der Waals surface area contributed by atoms with Crippen LogP contribution in [0.25, 0.3) is 0 Å². The highest BCUT2D eigenvalue weighted by molar-refractivity contribution is 5.84. The normalized spacial score (nSPS) is 17.0. The third kappa shape index (κ3) is 2.52. The smallest absolute Gasteiger partial charge is 0.239 e. The lowest BCUT2D eigenvalue weighted by molar-refractivity contribution is -0.119. The van der Waals surface area contributed by atoms with Gasteiger partial charge in [-0.05, 0) is 26.0 Å². The predicted molar refractivity (Wildman–Crippen MR) is 70.4 cm³/mol. The van der Waals surface area contributed by atoms with Crippen molar-refractivity contribution in [2.24, 2.45) is 0 Å². The van der Waals surface area contributed by atoms with Crippen molar-refractivity contribution >= 4 is 17.3 Å². The van der Waals surface area contributed by atoms with Crippen LogP contribution in [0.4, 0.5) is 11.4 Å². The first kappa shape index (κ1) is 11.8. The highest BCUT2D eigenvalue weighted by Crippen LogP contribution is 2.33. The maximum absolute atomic E-state index is 11.5. The van der Waals surface area contributed by atoms with E-state index in [0.717, 1.165) is 17.9 Å². The first-order valence-corrected chi connectivity index (χ1v) is 5.84. The lowest BCUT2D eigenvalue weighted by atomic mass is 9.99. The maximum atomic E-state index is 11.5. The van der Waals surface area contributed by atoms with Crippen LogP contribution in [0.5, 0.6) is 0 Å². The zero-order chi connectivity index (χ0) is 12.5. The van der Waals surface area contributed by atoms with Gasteiger partial charge in [-0.15, -0.1) is 0 Å². The van der Waals surface area contributed by atoms with Crippen LogP contribution in [-0.2, 0) is 4.79 Å². The van der Waals surface area contributed by atoms with E-state index >= 15 is 0 Å². The van der Waals surface area contributed by atoms with E-state index in [0.29, 0.717) is 6.54 Å². The van der Waals surface area contributed by atoms with Crippen molar-refractivity contribution in [2.45, 2.75) is 19.4 Å². The minimum absolute atomic E-state index is 0.0254. The molecular formula is C13H19N3O. The molecule has 0 aliphatic carbocycles. The number of nitrogens with zero attached hydrogens (tertiary/aromatic N) is 1. The van der Waals surface area contributed by atoms with Crippen LogP contribution >= 0.6 is 0 Å². The Bertz CT molecular complexity index is 428. The van der Waals surface area contributed by atoms with Gasteiger partial charge in [0.2, 0.25) is 5.91 Å². The first-order valence-electron chi connectivity index (χ1n) is 5.84. The van der Waals surface area contributed by atoms with E-state index in [1.165, 1.54) is 0 Å². The van der Waals surface area contributed by atoms with E-state index in [2.05, 4.69) is 29.4 Å². The Morgan fingerprint density at radius 1 is 1.47 bits per heavy atom. The van der Waals surface area contributed by atoms with E-state index in [9.17, 15) is 4.79 Å². The van der Waals surface area contributed by atoms with Crippen LogP contribution in [0.1, 0.15) is 13.8 Å². The zero-order valence-corrected chi connectivity index (χ0v) is 10.6. The van der Waals surface area contributed by atoms with Crippen molar-refractivity contribution in [2.75, 3.05) is 30.4 Å². The summed E-state index contributed by atoms with van der Waals surface area (Å²) in [6.45, 7) is 5.50. The van der Waals surface area contributed by atoms with E-state index in [1.807, 2.05) is 24.3 Å². The third-order valence-corrected chi connectivity index (χ3v) is 2.92. The van der Waals surface area contributed by atoms with Gasteiger partial charge >= 0.3 is 0 Å². The number of carbonyl (C=O) groups is 1. The molecule has 92 valence electrons. The van der Waals surface area contributed by atoms with Crippen LogP contribution in [0, 0.1) is 0 Å². The number of carbonyl (C=O) groups excluding carboxylic acids is 1. The molecule has 0 fully saturated rings. The van der Waals surface area contributed by atoms with Gasteiger partial charge in [-0.25, -0.2) is 0 Å². The highest BCUT2D eigenvalue weighted by Gasteiger charge is 2.29. The summed E-state index contributed by atoms with van der Waals surface area (Å²) < 4.78 is 0. The average Bonchev–Trinajstić information content (AvgIpc) is 2.27. The molecule has 2 N–H and O–H groups in total. The van der Waals surface area contributed by atoms with Crippen molar-refractivity contribution in [3.05, 3.63) is 24.3 Å². The van der Waals surface area contributed by atoms with Gasteiger partial charge in [-0.1, -0.05) is 12.1 Å². The highest BCUT2D eigenvalue weighted by atomic mass is 16.1. The van der Waals surface area contributed by atoms with Crippen LogP contribution in [0.3, 0.4) is 0 Å². The fraction of sp³-hybridized carbons (Fsp3) is 0.462. The van der Waals surface area contributed by atoms with Crippen molar-refractivity contribution < 1.29 is 4.79 Å². The number of amides is 1. The molecule has 0 bridgehead atoms. The molecule has 0 saturated heterocycles. The van der Waals surface area contributed by atoms with Crippen molar-refractivity contribution in [1.29, 1.82) is 0 Å². The number of hydrogen-bond acceptors (Lipinski definition) is 3. The molecule has 0 radical (unpaired) electrons. The summed E-state index contributed by atoms with van der Waals surface area (Å²) in [5.41, 5.74) is 2.16. The molecule has 0 spiro atoms. The molecule has 2 rings (SSSR count). The molecule has 1 aromatic rings. The summed E-state index contributed by atoms with van der Waals surface area (Å²) >= 11 is 0. The molecule has 0 atom stereocenters.